The van der Waals surface area contributed by atoms with Crippen LogP contribution in [0, 0.1) is 19.1 Å². The molecule has 1 radical (unpaired) electrons. The molecule has 5 nitrogen and oxygen atoms in total. The summed E-state index contributed by atoms with van der Waals surface area (Å²) in [5.74, 6) is 7.34. The van der Waals surface area contributed by atoms with Crippen LogP contribution in [-0.2, 0) is 25.5 Å². The number of imidazole rings is 1. The molecule has 0 unspecified atom stereocenters. The molecule has 0 aliphatic rings. The van der Waals surface area contributed by atoms with Crippen LogP contribution in [0.5, 0.6) is 0 Å². The second kappa shape index (κ2) is 15.2. The zero-order valence-corrected chi connectivity index (χ0v) is 36.4. The van der Waals surface area contributed by atoms with Crippen molar-refractivity contribution in [2.45, 2.75) is 70.1 Å². The van der Waals surface area contributed by atoms with E-state index in [1.54, 1.807) is 0 Å². The minimum Gasteiger partial charge on any atom is 0 e. The summed E-state index contributed by atoms with van der Waals surface area (Å²) in [5.41, 5.74) is 10.4. The third kappa shape index (κ3) is 7.82. The molecule has 0 amide bonds. The average Bonchev–Trinajstić information content (AvgIpc) is 3.69. The van der Waals surface area contributed by atoms with E-state index >= 15 is 0 Å². The molecule has 4 aromatic carbocycles. The number of para-hydroxylation sites is 3. The van der Waals surface area contributed by atoms with Gasteiger partial charge in [0.05, 0.1) is 22.4 Å². The number of hydrogen-bond donors (Lipinski definition) is 0. The van der Waals surface area contributed by atoms with E-state index in [0.29, 0.717) is 5.71 Å². The Labute approximate surface area is 331 Å². The fourth-order valence-corrected chi connectivity index (χ4v) is 8.69. The summed E-state index contributed by atoms with van der Waals surface area (Å²) in [6.45, 7) is 12.5. The van der Waals surface area contributed by atoms with E-state index in [9.17, 15) is 0 Å². The van der Waals surface area contributed by atoms with Gasteiger partial charge in [0.25, 0.3) is 0 Å². The zero-order chi connectivity index (χ0) is 37.7. The van der Waals surface area contributed by atoms with Gasteiger partial charge in [0.15, 0.2) is 0 Å². The molecule has 8 rings (SSSR count). The molecule has 4 aromatic heterocycles. The molecule has 0 saturated heterocycles. The predicted octanol–water partition coefficient (Wildman–Crippen LogP) is 11.6. The monoisotopic (exact) mass is 938 g/mol. The van der Waals surface area contributed by atoms with Gasteiger partial charge in [-0.25, -0.2) is 4.98 Å². The molecule has 0 aliphatic carbocycles. The number of hydrogen-bond acceptors (Lipinski definition) is 4. The summed E-state index contributed by atoms with van der Waals surface area (Å²) in [6.07, 6.45) is 2.02. The van der Waals surface area contributed by atoms with Crippen LogP contribution in [0.3, 0.4) is 0 Å². The van der Waals surface area contributed by atoms with Gasteiger partial charge in [0.2, 0.25) is 5.71 Å². The first-order chi connectivity index (χ1) is 25.1. The Kier molecular flexibility index (Phi) is 10.6. The minimum absolute atomic E-state index is 0. The third-order valence-electron chi connectivity index (χ3n) is 9.47. The number of benzene rings is 4. The zero-order valence-electron chi connectivity index (χ0n) is 32.9. The van der Waals surface area contributed by atoms with Gasteiger partial charge in [-0.15, -0.1) is 18.2 Å². The molecule has 4 heterocycles. The van der Waals surface area contributed by atoms with Crippen molar-refractivity contribution in [3.63, 3.8) is 0 Å². The Balaban J connectivity index is 0.000000205. The molecule has 8 aromatic rings. The first-order valence-corrected chi connectivity index (χ1v) is 25.2. The number of aromatic nitrogens is 4. The molecule has 0 fully saturated rings. The predicted molar refractivity (Wildman–Crippen MR) is 219 cm³/mol. The van der Waals surface area contributed by atoms with Gasteiger partial charge in [0, 0.05) is 36.9 Å². The Morgan fingerprint density at radius 2 is 1.58 bits per heavy atom. The summed E-state index contributed by atoms with van der Waals surface area (Å²) in [5, 5.41) is 2.03. The largest absolute Gasteiger partial charge is 0 e. The molecule has 7 heteroatoms. The second-order valence-electron chi connectivity index (χ2n) is 15.7. The molecule has 0 saturated carbocycles. The third-order valence-corrected chi connectivity index (χ3v) is 13.7. The molecule has 0 bridgehead atoms. The van der Waals surface area contributed by atoms with Crippen LogP contribution >= 0.6 is 0 Å². The number of furan rings is 1. The van der Waals surface area contributed by atoms with Gasteiger partial charge in [-0.2, -0.15) is 0 Å². The molecule has 0 N–H and O–H groups in total. The quantitative estimate of drug-likeness (QED) is 0.127. The first-order valence-electron chi connectivity index (χ1n) is 18.4. The minimum atomic E-state index is -1.78. The Morgan fingerprint density at radius 3 is 2.26 bits per heavy atom. The van der Waals surface area contributed by atoms with Crippen LogP contribution < -0.4 is 4.40 Å². The summed E-state index contributed by atoms with van der Waals surface area (Å²) in [4.78, 5) is 14.3. The molecule has 0 spiro atoms. The van der Waals surface area contributed by atoms with Crippen LogP contribution in [0.4, 0.5) is 0 Å². The maximum Gasteiger partial charge on any atom is 0 e. The van der Waals surface area contributed by atoms with Gasteiger partial charge in [-0.1, -0.05) is 62.1 Å². The van der Waals surface area contributed by atoms with Gasteiger partial charge >= 0.3 is 120 Å². The number of pyridine rings is 2. The van der Waals surface area contributed by atoms with Crippen LogP contribution in [0.25, 0.3) is 61.4 Å². The van der Waals surface area contributed by atoms with Crippen molar-refractivity contribution in [1.29, 1.82) is 0 Å². The molecule has 0 atom stereocenters. The van der Waals surface area contributed by atoms with E-state index in [-0.39, 0.29) is 25.5 Å². The van der Waals surface area contributed by atoms with Crippen LogP contribution in [0.15, 0.2) is 114 Å². The first kappa shape index (κ1) is 37.0. The summed E-state index contributed by atoms with van der Waals surface area (Å²) < 4.78 is 18.0. The van der Waals surface area contributed by atoms with Gasteiger partial charge in [-0.3, -0.25) is 4.98 Å². The molecule has 53 heavy (non-hydrogen) atoms. The van der Waals surface area contributed by atoms with Crippen LogP contribution in [-0.4, -0.2) is 32.8 Å². The number of fused-ring (bicyclic) bond motifs is 4. The smallest absolute Gasteiger partial charge is 0 e. The normalized spacial score (nSPS) is 12.4. The molecular weight excluding hydrogens is 889 g/mol. The van der Waals surface area contributed by atoms with Crippen molar-refractivity contribution >= 4 is 50.8 Å². The van der Waals surface area contributed by atoms with Crippen molar-refractivity contribution in [2.24, 2.45) is 0 Å². The van der Waals surface area contributed by atoms with Gasteiger partial charge < -0.3 is 8.98 Å². The Bertz CT molecular complexity index is 2520. The summed E-state index contributed by atoms with van der Waals surface area (Å²) in [7, 11) is 0. The Hall–Kier alpha value is -4.36. The second-order valence-corrected chi connectivity index (χ2v) is 26.4. The maximum atomic E-state index is 8.02. The maximum absolute atomic E-state index is 8.02. The van der Waals surface area contributed by atoms with E-state index in [2.05, 4.69) is 125 Å². The van der Waals surface area contributed by atoms with Gasteiger partial charge in [-0.05, 0) is 48.2 Å². The molecular formula is C46H46GeIrN4O-2. The number of nitrogens with zero attached hydrogens (tertiary/aromatic N) is 4. The molecule has 271 valence electrons. The standard InChI is InChI=1S/C29H24N3O.C17H22GeN.Ir/c1-18-16-17-20-19-10-9-11-21(26(19)33-28(20)30-18)27-31-23-13-6-8-15-25(23)32(27)24-14-7-5-12-22(24)29(2,3)4;1-13(2)14-6-8-15(9-7-14)17-11-10-16(12-19-17)18(3,4)5;/h5-10,12-17H,1-4H3;6-8,10-13H,1-5H3;/q2*-1;/i;13D;. The van der Waals surface area contributed by atoms with Gasteiger partial charge in [0.1, 0.15) is 0 Å². The SMILES string of the molecule is Cc1ccc2c(n1)oc1c(-c3nc4ccccc4n3-c3ccccc3C(C)(C)C)[c-]ccc12.[2H]C(C)(C)c1c[c-]c(-c2cc[c]([Ge]([CH3])([CH3])[CH3])cn2)cc1.[Ir]. The van der Waals surface area contributed by atoms with Crippen molar-refractivity contribution in [1.82, 2.24) is 19.5 Å². The van der Waals surface area contributed by atoms with Crippen LogP contribution in [0.1, 0.15) is 58.7 Å². The van der Waals surface area contributed by atoms with E-state index < -0.39 is 19.2 Å². The number of aryl methyl sites for hydroxylation is 1. The fourth-order valence-electron chi connectivity index (χ4n) is 6.51. The summed E-state index contributed by atoms with van der Waals surface area (Å²) >= 11 is -1.78. The van der Waals surface area contributed by atoms with Crippen LogP contribution in [0.2, 0.25) is 17.3 Å². The summed E-state index contributed by atoms with van der Waals surface area (Å²) in [6, 6.07) is 41.8. The van der Waals surface area contributed by atoms with Crippen molar-refractivity contribution < 1.29 is 25.9 Å². The Morgan fingerprint density at radius 1 is 0.830 bits per heavy atom. The average molecular weight is 937 g/mol. The van der Waals surface area contributed by atoms with E-state index in [0.717, 1.165) is 67.0 Å². The molecule has 0 aliphatic heterocycles. The fraction of sp³-hybridized carbons (Fsp3) is 0.239. The van der Waals surface area contributed by atoms with E-state index in [1.165, 1.54) is 9.96 Å². The van der Waals surface area contributed by atoms with Crippen molar-refractivity contribution in [3.05, 3.63) is 138 Å². The van der Waals surface area contributed by atoms with Crippen molar-refractivity contribution in [3.8, 4) is 28.3 Å². The number of rotatable bonds is 5. The van der Waals surface area contributed by atoms with Crippen molar-refractivity contribution in [2.75, 3.05) is 0 Å². The van der Waals surface area contributed by atoms with E-state index in [4.69, 9.17) is 10.8 Å². The van der Waals surface area contributed by atoms with E-state index in [1.807, 2.05) is 69.4 Å². The topological polar surface area (TPSA) is 56.7 Å².